The predicted octanol–water partition coefficient (Wildman–Crippen LogP) is 2.17. The quantitative estimate of drug-likeness (QED) is 0.685. The highest BCUT2D eigenvalue weighted by atomic mass is 16.3. The van der Waals surface area contributed by atoms with Gasteiger partial charge in [0.15, 0.2) is 0 Å². The summed E-state index contributed by atoms with van der Waals surface area (Å²) < 4.78 is 0. The van der Waals surface area contributed by atoms with E-state index in [-0.39, 0.29) is 12.0 Å². The van der Waals surface area contributed by atoms with Crippen molar-refractivity contribution in [2.24, 2.45) is 0 Å². The molecule has 0 aliphatic heterocycles. The van der Waals surface area contributed by atoms with Gasteiger partial charge in [0.1, 0.15) is 0 Å². The summed E-state index contributed by atoms with van der Waals surface area (Å²) in [5.41, 5.74) is 1.20. The summed E-state index contributed by atoms with van der Waals surface area (Å²) in [5, 5.41) is 9.27. The van der Waals surface area contributed by atoms with E-state index in [1.54, 1.807) is 0 Å². The normalized spacial score (nSPS) is 15.9. The lowest BCUT2D eigenvalue weighted by Gasteiger charge is -2.14. The zero-order valence-electron chi connectivity index (χ0n) is 6.99. The molecule has 0 radical (unpaired) electrons. The van der Waals surface area contributed by atoms with Gasteiger partial charge in [-0.15, -0.1) is 0 Å². The van der Waals surface area contributed by atoms with E-state index in [0.29, 0.717) is 0 Å². The Hall–Kier alpha value is -0.820. The van der Waals surface area contributed by atoms with E-state index in [1.165, 1.54) is 5.56 Å². The lowest BCUT2D eigenvalue weighted by atomic mass is 9.97. The molecule has 0 saturated heterocycles. The fourth-order valence-electron chi connectivity index (χ4n) is 1.04. The van der Waals surface area contributed by atoms with Crippen molar-refractivity contribution in [2.45, 2.75) is 25.9 Å². The number of aliphatic hydroxyl groups excluding tert-OH is 1. The van der Waals surface area contributed by atoms with Crippen LogP contribution in [0.1, 0.15) is 25.3 Å². The Kier molecular flexibility index (Phi) is 2.66. The van der Waals surface area contributed by atoms with Crippen LogP contribution in [0.3, 0.4) is 0 Å². The van der Waals surface area contributed by atoms with Crippen LogP contribution < -0.4 is 0 Å². The first kappa shape index (κ1) is 8.28. The Morgan fingerprint density at radius 3 is 2.09 bits per heavy atom. The molecule has 0 aliphatic rings. The smallest absolute Gasteiger partial charge is 0.0577 e. The predicted molar refractivity (Wildman–Crippen MR) is 46.5 cm³/mol. The summed E-state index contributed by atoms with van der Waals surface area (Å²) >= 11 is 0. The molecule has 0 amide bonds. The SMILES string of the molecule is CC(O)[C@@H](C)c1ccccc1. The molecule has 0 fully saturated rings. The summed E-state index contributed by atoms with van der Waals surface area (Å²) in [6.45, 7) is 3.84. The van der Waals surface area contributed by atoms with Crippen molar-refractivity contribution >= 4 is 0 Å². The highest BCUT2D eigenvalue weighted by Gasteiger charge is 2.09. The Morgan fingerprint density at radius 2 is 1.64 bits per heavy atom. The van der Waals surface area contributed by atoms with Crippen LogP contribution in [0.5, 0.6) is 0 Å². The first-order chi connectivity index (χ1) is 5.22. The standard InChI is InChI=1S/C10H14O/c1-8(9(2)11)10-6-4-3-5-7-10/h3-9,11H,1-2H3/t8-,9?/m1/s1. The van der Waals surface area contributed by atoms with Crippen LogP contribution in [0.25, 0.3) is 0 Å². The van der Waals surface area contributed by atoms with Gasteiger partial charge in [0.2, 0.25) is 0 Å². The molecule has 0 aromatic heterocycles. The molecule has 0 heterocycles. The van der Waals surface area contributed by atoms with Crippen molar-refractivity contribution in [1.29, 1.82) is 0 Å². The maximum atomic E-state index is 9.27. The Balaban J connectivity index is 2.77. The van der Waals surface area contributed by atoms with Gasteiger partial charge < -0.3 is 5.11 Å². The molecular formula is C10H14O. The van der Waals surface area contributed by atoms with E-state index in [9.17, 15) is 5.11 Å². The highest BCUT2D eigenvalue weighted by molar-refractivity contribution is 5.19. The number of hydrogen-bond acceptors (Lipinski definition) is 1. The van der Waals surface area contributed by atoms with E-state index in [1.807, 2.05) is 44.2 Å². The minimum absolute atomic E-state index is 0.233. The third-order valence-corrected chi connectivity index (χ3v) is 2.05. The minimum Gasteiger partial charge on any atom is -0.393 e. The molecule has 0 bridgehead atoms. The molecular weight excluding hydrogens is 136 g/mol. The van der Waals surface area contributed by atoms with Crippen LogP contribution >= 0.6 is 0 Å². The van der Waals surface area contributed by atoms with Crippen molar-refractivity contribution in [3.05, 3.63) is 35.9 Å². The van der Waals surface area contributed by atoms with Crippen molar-refractivity contribution in [3.63, 3.8) is 0 Å². The van der Waals surface area contributed by atoms with Gasteiger partial charge in [-0.3, -0.25) is 0 Å². The van der Waals surface area contributed by atoms with Gasteiger partial charge in [0, 0.05) is 5.92 Å². The summed E-state index contributed by atoms with van der Waals surface area (Å²) in [4.78, 5) is 0. The maximum absolute atomic E-state index is 9.27. The maximum Gasteiger partial charge on any atom is 0.0577 e. The van der Waals surface area contributed by atoms with E-state index < -0.39 is 0 Å². The number of benzene rings is 1. The number of rotatable bonds is 2. The van der Waals surface area contributed by atoms with Crippen molar-refractivity contribution < 1.29 is 5.11 Å². The van der Waals surface area contributed by atoms with Gasteiger partial charge in [-0.25, -0.2) is 0 Å². The van der Waals surface area contributed by atoms with Gasteiger partial charge in [-0.2, -0.15) is 0 Å². The lowest BCUT2D eigenvalue weighted by Crippen LogP contribution is -2.10. The van der Waals surface area contributed by atoms with E-state index >= 15 is 0 Å². The van der Waals surface area contributed by atoms with Crippen molar-refractivity contribution in [3.8, 4) is 0 Å². The molecule has 1 unspecified atom stereocenters. The molecule has 0 spiro atoms. The highest BCUT2D eigenvalue weighted by Crippen LogP contribution is 2.17. The largest absolute Gasteiger partial charge is 0.393 e. The van der Waals surface area contributed by atoms with E-state index in [4.69, 9.17) is 0 Å². The van der Waals surface area contributed by atoms with Gasteiger partial charge in [-0.1, -0.05) is 37.3 Å². The summed E-state index contributed by atoms with van der Waals surface area (Å²) in [6.07, 6.45) is -0.266. The molecule has 1 nitrogen and oxygen atoms in total. The number of aliphatic hydroxyl groups is 1. The summed E-state index contributed by atoms with van der Waals surface area (Å²) in [5.74, 6) is 0.233. The molecule has 1 heteroatoms. The van der Waals surface area contributed by atoms with Crippen LogP contribution in [-0.2, 0) is 0 Å². The first-order valence-electron chi connectivity index (χ1n) is 3.95. The second-order valence-corrected chi connectivity index (χ2v) is 2.94. The molecule has 1 aromatic rings. The van der Waals surface area contributed by atoms with E-state index in [2.05, 4.69) is 0 Å². The fourth-order valence-corrected chi connectivity index (χ4v) is 1.04. The van der Waals surface area contributed by atoms with Crippen LogP contribution in [0, 0.1) is 0 Å². The second-order valence-electron chi connectivity index (χ2n) is 2.94. The molecule has 60 valence electrons. The lowest BCUT2D eigenvalue weighted by molar-refractivity contribution is 0.169. The van der Waals surface area contributed by atoms with E-state index in [0.717, 1.165) is 0 Å². The third kappa shape index (κ3) is 2.05. The monoisotopic (exact) mass is 150 g/mol. The van der Waals surface area contributed by atoms with Crippen LogP contribution in [0.2, 0.25) is 0 Å². The topological polar surface area (TPSA) is 20.2 Å². The Labute approximate surface area is 67.7 Å². The summed E-state index contributed by atoms with van der Waals surface area (Å²) in [7, 11) is 0. The van der Waals surface area contributed by atoms with Crippen LogP contribution in [0.15, 0.2) is 30.3 Å². The van der Waals surface area contributed by atoms with Gasteiger partial charge >= 0.3 is 0 Å². The Bertz CT molecular complexity index is 203. The van der Waals surface area contributed by atoms with Crippen molar-refractivity contribution in [2.75, 3.05) is 0 Å². The molecule has 0 aliphatic carbocycles. The van der Waals surface area contributed by atoms with Crippen LogP contribution in [-0.4, -0.2) is 11.2 Å². The van der Waals surface area contributed by atoms with Gasteiger partial charge in [-0.05, 0) is 12.5 Å². The molecule has 1 rings (SSSR count). The zero-order chi connectivity index (χ0) is 8.27. The van der Waals surface area contributed by atoms with Gasteiger partial charge in [0.05, 0.1) is 6.10 Å². The average molecular weight is 150 g/mol. The first-order valence-corrected chi connectivity index (χ1v) is 3.95. The zero-order valence-corrected chi connectivity index (χ0v) is 6.99. The third-order valence-electron chi connectivity index (χ3n) is 2.05. The molecule has 1 N–H and O–H groups in total. The second kappa shape index (κ2) is 3.54. The molecule has 11 heavy (non-hydrogen) atoms. The molecule has 0 saturated carbocycles. The fraction of sp³-hybridized carbons (Fsp3) is 0.400. The van der Waals surface area contributed by atoms with Crippen molar-refractivity contribution in [1.82, 2.24) is 0 Å². The molecule has 2 atom stereocenters. The summed E-state index contributed by atoms with van der Waals surface area (Å²) in [6, 6.07) is 10.1. The Morgan fingerprint density at radius 1 is 1.09 bits per heavy atom. The minimum atomic E-state index is -0.266. The van der Waals surface area contributed by atoms with Gasteiger partial charge in [0.25, 0.3) is 0 Å². The average Bonchev–Trinajstić information content (AvgIpc) is 2.05. The van der Waals surface area contributed by atoms with Crippen LogP contribution in [0.4, 0.5) is 0 Å². The number of hydrogen-bond donors (Lipinski definition) is 1. The molecule has 1 aromatic carbocycles.